The molecule has 1 heterocycles. The molecule has 0 amide bonds. The smallest absolute Gasteiger partial charge is 0.345 e. The van der Waals surface area contributed by atoms with Crippen molar-refractivity contribution in [1.82, 2.24) is 0 Å². The van der Waals surface area contributed by atoms with E-state index in [1.807, 2.05) is 30.3 Å². The molecule has 4 heteroatoms. The molecule has 20 heavy (non-hydrogen) atoms. The Kier molecular flexibility index (Phi) is 3.63. The summed E-state index contributed by atoms with van der Waals surface area (Å²) in [5, 5.41) is 0. The molecule has 1 aliphatic carbocycles. The Morgan fingerprint density at radius 2 is 1.80 bits per heavy atom. The highest BCUT2D eigenvalue weighted by molar-refractivity contribution is 6.15. The average molecular weight is 271 g/mol. The number of carbonyl (C=O) groups excluding carboxylic acids is 2. The van der Waals surface area contributed by atoms with Crippen molar-refractivity contribution in [3.63, 3.8) is 0 Å². The first kappa shape index (κ1) is 13.0. The number of hydrogen-bond donors (Lipinski definition) is 0. The number of Topliss-reactive ketones (excluding diaryl/α,β-unsaturated/α-hetero) is 1. The highest BCUT2D eigenvalue weighted by Gasteiger charge is 2.39. The molecule has 3 rings (SSSR count). The number of benzene rings is 1. The van der Waals surface area contributed by atoms with Gasteiger partial charge in [0.15, 0.2) is 5.78 Å². The van der Waals surface area contributed by atoms with E-state index in [2.05, 4.69) is 4.99 Å². The van der Waals surface area contributed by atoms with Crippen molar-refractivity contribution >= 4 is 17.7 Å². The van der Waals surface area contributed by atoms with Crippen LogP contribution in [0.2, 0.25) is 0 Å². The Labute approximate surface area is 117 Å². The first-order valence-electron chi connectivity index (χ1n) is 7.14. The fraction of sp³-hybridized carbons (Fsp3) is 0.438. The van der Waals surface area contributed by atoms with Gasteiger partial charge in [-0.05, 0) is 25.0 Å². The second-order valence-corrected chi connectivity index (χ2v) is 5.36. The van der Waals surface area contributed by atoms with Crippen LogP contribution in [0, 0.1) is 5.92 Å². The van der Waals surface area contributed by atoms with Crippen molar-refractivity contribution in [2.75, 3.05) is 0 Å². The van der Waals surface area contributed by atoms with E-state index in [0.717, 1.165) is 31.2 Å². The van der Waals surface area contributed by atoms with Crippen LogP contribution < -0.4 is 0 Å². The Morgan fingerprint density at radius 3 is 2.50 bits per heavy atom. The number of ether oxygens (including phenoxy) is 1. The Morgan fingerprint density at radius 1 is 1.10 bits per heavy atom. The fourth-order valence-corrected chi connectivity index (χ4v) is 2.85. The van der Waals surface area contributed by atoms with Crippen molar-refractivity contribution in [3.05, 3.63) is 35.9 Å². The lowest BCUT2D eigenvalue weighted by Gasteiger charge is -2.20. The zero-order valence-corrected chi connectivity index (χ0v) is 11.2. The van der Waals surface area contributed by atoms with Crippen LogP contribution >= 0.6 is 0 Å². The topological polar surface area (TPSA) is 55.7 Å². The van der Waals surface area contributed by atoms with Crippen molar-refractivity contribution in [1.29, 1.82) is 0 Å². The largest absolute Gasteiger partial charge is 0.405 e. The molecule has 1 saturated carbocycles. The second kappa shape index (κ2) is 5.57. The van der Waals surface area contributed by atoms with E-state index in [0.29, 0.717) is 0 Å². The highest BCUT2D eigenvalue weighted by Crippen LogP contribution is 2.27. The third-order valence-corrected chi connectivity index (χ3v) is 3.96. The normalized spacial score (nSPS) is 23.3. The number of ketones is 1. The maximum atomic E-state index is 12.4. The number of hydrogen-bond acceptors (Lipinski definition) is 4. The molecular formula is C16H17NO3. The van der Waals surface area contributed by atoms with Gasteiger partial charge in [-0.25, -0.2) is 9.79 Å². The van der Waals surface area contributed by atoms with Gasteiger partial charge in [0.2, 0.25) is 11.9 Å². The quantitative estimate of drug-likeness (QED) is 0.627. The number of cyclic esters (lactones) is 1. The maximum absolute atomic E-state index is 12.4. The summed E-state index contributed by atoms with van der Waals surface area (Å²) in [5.74, 6) is -0.356. The molecule has 1 fully saturated rings. The molecule has 0 aromatic heterocycles. The number of carbonyl (C=O) groups is 2. The van der Waals surface area contributed by atoms with Gasteiger partial charge in [0.05, 0.1) is 0 Å². The molecule has 104 valence electrons. The number of aliphatic imine (C=N–C) groups is 1. The molecule has 1 atom stereocenters. The number of nitrogens with zero attached hydrogens (tertiary/aromatic N) is 1. The average Bonchev–Trinajstić information content (AvgIpc) is 2.90. The summed E-state index contributed by atoms with van der Waals surface area (Å²) >= 11 is 0. The van der Waals surface area contributed by atoms with E-state index in [9.17, 15) is 9.59 Å². The molecule has 0 spiro atoms. The molecular weight excluding hydrogens is 254 g/mol. The van der Waals surface area contributed by atoms with E-state index in [4.69, 9.17) is 4.74 Å². The summed E-state index contributed by atoms with van der Waals surface area (Å²) in [6, 6.07) is 8.27. The molecule has 4 nitrogen and oxygen atoms in total. The van der Waals surface area contributed by atoms with Crippen LogP contribution in [0.3, 0.4) is 0 Å². The second-order valence-electron chi connectivity index (χ2n) is 5.36. The molecule has 1 unspecified atom stereocenters. The summed E-state index contributed by atoms with van der Waals surface area (Å²) in [5.41, 5.74) is 0.736. The lowest BCUT2D eigenvalue weighted by atomic mass is 9.84. The molecule has 0 radical (unpaired) electrons. The van der Waals surface area contributed by atoms with Crippen molar-refractivity contribution in [2.24, 2.45) is 10.9 Å². The van der Waals surface area contributed by atoms with E-state index < -0.39 is 12.0 Å². The molecule has 1 aromatic rings. The maximum Gasteiger partial charge on any atom is 0.345 e. The van der Waals surface area contributed by atoms with Crippen LogP contribution in [0.1, 0.15) is 37.7 Å². The van der Waals surface area contributed by atoms with Crippen molar-refractivity contribution < 1.29 is 14.3 Å². The minimum absolute atomic E-state index is 0.0276. The van der Waals surface area contributed by atoms with Gasteiger partial charge in [0.1, 0.15) is 0 Å². The number of esters is 1. The first-order chi connectivity index (χ1) is 9.75. The van der Waals surface area contributed by atoms with Crippen LogP contribution in [0.5, 0.6) is 0 Å². The lowest BCUT2D eigenvalue weighted by molar-refractivity contribution is -0.140. The highest BCUT2D eigenvalue weighted by atomic mass is 16.6. The van der Waals surface area contributed by atoms with Crippen LogP contribution in [0.4, 0.5) is 0 Å². The standard InChI is InChI=1S/C16H17NO3/c18-14(11-7-3-1-4-8-11)13-16(19)20-15(17-13)12-9-5-2-6-10-12/h2,5-6,9-11,13H,1,3-4,7-8H2. The number of rotatable bonds is 3. The van der Waals surface area contributed by atoms with Gasteiger partial charge in [0.25, 0.3) is 0 Å². The Balaban J connectivity index is 1.78. The minimum Gasteiger partial charge on any atom is -0.405 e. The molecule has 1 aromatic carbocycles. The van der Waals surface area contributed by atoms with Gasteiger partial charge in [-0.2, -0.15) is 0 Å². The zero-order valence-electron chi connectivity index (χ0n) is 11.2. The van der Waals surface area contributed by atoms with Crippen LogP contribution in [-0.2, 0) is 14.3 Å². The third-order valence-electron chi connectivity index (χ3n) is 3.96. The predicted molar refractivity (Wildman–Crippen MR) is 74.4 cm³/mol. The summed E-state index contributed by atoms with van der Waals surface area (Å²) in [4.78, 5) is 28.5. The summed E-state index contributed by atoms with van der Waals surface area (Å²) in [7, 11) is 0. The fourth-order valence-electron chi connectivity index (χ4n) is 2.85. The van der Waals surface area contributed by atoms with Crippen LogP contribution in [0.15, 0.2) is 35.3 Å². The molecule has 0 saturated heterocycles. The third kappa shape index (κ3) is 2.50. The van der Waals surface area contributed by atoms with Gasteiger partial charge >= 0.3 is 5.97 Å². The van der Waals surface area contributed by atoms with Gasteiger partial charge in [0, 0.05) is 11.5 Å². The molecule has 0 N–H and O–H groups in total. The van der Waals surface area contributed by atoms with Gasteiger partial charge in [-0.1, -0.05) is 37.5 Å². The van der Waals surface area contributed by atoms with Crippen LogP contribution in [0.25, 0.3) is 0 Å². The summed E-state index contributed by atoms with van der Waals surface area (Å²) < 4.78 is 5.16. The Hall–Kier alpha value is -1.97. The summed E-state index contributed by atoms with van der Waals surface area (Å²) in [6.07, 6.45) is 5.05. The zero-order chi connectivity index (χ0) is 13.9. The monoisotopic (exact) mass is 271 g/mol. The first-order valence-corrected chi connectivity index (χ1v) is 7.14. The van der Waals surface area contributed by atoms with Crippen molar-refractivity contribution in [2.45, 2.75) is 38.1 Å². The predicted octanol–water partition coefficient (Wildman–Crippen LogP) is 2.51. The van der Waals surface area contributed by atoms with Crippen LogP contribution in [-0.4, -0.2) is 23.7 Å². The summed E-state index contributed by atoms with van der Waals surface area (Å²) in [6.45, 7) is 0. The minimum atomic E-state index is -0.951. The Bertz CT molecular complexity index is 544. The van der Waals surface area contributed by atoms with E-state index in [-0.39, 0.29) is 17.6 Å². The van der Waals surface area contributed by atoms with Gasteiger partial charge in [-0.15, -0.1) is 0 Å². The molecule has 0 bridgehead atoms. The molecule has 2 aliphatic rings. The van der Waals surface area contributed by atoms with E-state index in [1.54, 1.807) is 0 Å². The van der Waals surface area contributed by atoms with Gasteiger partial charge in [-0.3, -0.25) is 4.79 Å². The lowest BCUT2D eigenvalue weighted by Crippen LogP contribution is -2.32. The van der Waals surface area contributed by atoms with Crippen molar-refractivity contribution in [3.8, 4) is 0 Å². The van der Waals surface area contributed by atoms with E-state index >= 15 is 0 Å². The SMILES string of the molecule is O=C1OC(c2ccccc2)=NC1C(=O)C1CCCCC1. The van der Waals surface area contributed by atoms with Gasteiger partial charge < -0.3 is 4.74 Å². The molecule has 1 aliphatic heterocycles. The van der Waals surface area contributed by atoms with E-state index in [1.165, 1.54) is 6.42 Å².